The standard InChI is InChI=1S/C26H22N10O9S2/c27-26-28-13(9-47-26)18(32-45-16(25(43)44)5-17(39)40)22(41)29-19-23(42)36-20(21-30-33-34-31-21)12(8-46-24(19)36)7-35-2-1-10-3-14(37)15(38)4-11(10)6-35/h1-4,6,9,16,19,24H,5,7-8H2,(H7,27,28,29,30,31,33,34,38,39,40,41,43,44)/p+1/b32-18-/t16-,19+,24+/m0/s1. The molecule has 5 heterocycles. The summed E-state index contributed by atoms with van der Waals surface area (Å²) in [5.41, 5.74) is 6.30. The fraction of sp³-hybridized carbons (Fsp3) is 0.231. The van der Waals surface area contributed by atoms with Crippen LogP contribution in [0, 0.1) is 0 Å². The van der Waals surface area contributed by atoms with Crippen LogP contribution in [0.4, 0.5) is 5.13 Å². The number of aromatic nitrogens is 6. The highest BCUT2D eigenvalue weighted by atomic mass is 32.2. The minimum absolute atomic E-state index is 0.0664. The Morgan fingerprint density at radius 2 is 2.00 bits per heavy atom. The van der Waals surface area contributed by atoms with Crippen LogP contribution >= 0.6 is 23.1 Å². The summed E-state index contributed by atoms with van der Waals surface area (Å²) in [6.07, 6.45) is 0.717. The van der Waals surface area contributed by atoms with E-state index < -0.39 is 53.4 Å². The number of nitrogens with two attached hydrogens (primary N) is 1. The number of aromatic amines is 1. The number of amides is 2. The van der Waals surface area contributed by atoms with E-state index in [-0.39, 0.29) is 28.1 Å². The molecule has 1 fully saturated rings. The van der Waals surface area contributed by atoms with Crippen molar-refractivity contribution in [3.8, 4) is 11.5 Å². The van der Waals surface area contributed by atoms with Gasteiger partial charge in [0, 0.05) is 28.2 Å². The first-order valence-electron chi connectivity index (χ1n) is 13.5. The number of anilines is 1. The number of tetrazole rings is 1. The normalized spacial score (nSPS) is 18.4. The number of thiazole rings is 1. The highest BCUT2D eigenvalue weighted by Crippen LogP contribution is 2.43. The Hall–Kier alpha value is -5.83. The van der Waals surface area contributed by atoms with Crippen LogP contribution in [0.5, 0.6) is 11.5 Å². The zero-order chi connectivity index (χ0) is 33.4. The fourth-order valence-electron chi connectivity index (χ4n) is 4.93. The lowest BCUT2D eigenvalue weighted by molar-refractivity contribution is -0.687. The number of H-pyrrole nitrogens is 1. The van der Waals surface area contributed by atoms with Gasteiger partial charge in [0.2, 0.25) is 6.10 Å². The molecule has 2 aliphatic rings. The predicted octanol–water partition coefficient (Wildman–Crippen LogP) is -0.750. The van der Waals surface area contributed by atoms with Crippen molar-refractivity contribution in [2.24, 2.45) is 5.16 Å². The summed E-state index contributed by atoms with van der Waals surface area (Å²) in [7, 11) is 0. The Bertz CT molecular complexity index is 1980. The number of fused-ring (bicyclic) bond motifs is 2. The quantitative estimate of drug-likeness (QED) is 0.0337. The number of thioether (sulfide) groups is 1. The minimum atomic E-state index is -1.90. The highest BCUT2D eigenvalue weighted by molar-refractivity contribution is 8.00. The molecule has 2 aliphatic heterocycles. The van der Waals surface area contributed by atoms with Gasteiger partial charge in [-0.3, -0.25) is 19.3 Å². The first-order chi connectivity index (χ1) is 22.5. The number of hydrogen-bond donors (Lipinski definition) is 7. The lowest BCUT2D eigenvalue weighted by Crippen LogP contribution is -2.70. The van der Waals surface area contributed by atoms with Crippen molar-refractivity contribution in [2.75, 3.05) is 11.5 Å². The number of phenolic OH excluding ortho intramolecular Hbond substituents is 2. The van der Waals surface area contributed by atoms with Crippen LogP contribution in [-0.2, 0) is 30.6 Å². The molecule has 4 aromatic rings. The highest BCUT2D eigenvalue weighted by Gasteiger charge is 2.54. The van der Waals surface area contributed by atoms with Crippen LogP contribution in [0.15, 0.2) is 46.7 Å². The first-order valence-corrected chi connectivity index (χ1v) is 15.4. The summed E-state index contributed by atoms with van der Waals surface area (Å²) in [5.74, 6) is -4.41. The van der Waals surface area contributed by atoms with E-state index in [1.54, 1.807) is 18.5 Å². The van der Waals surface area contributed by atoms with Crippen LogP contribution in [0.1, 0.15) is 17.9 Å². The lowest BCUT2D eigenvalue weighted by atomic mass is 10.0. The molecular formula is C26H23N10O9S2+. The van der Waals surface area contributed by atoms with E-state index in [1.807, 2.05) is 4.57 Å². The summed E-state index contributed by atoms with van der Waals surface area (Å²) in [6.45, 7) is 0.300. The molecular weight excluding hydrogens is 660 g/mol. The molecule has 1 saturated heterocycles. The first kappa shape index (κ1) is 31.2. The van der Waals surface area contributed by atoms with Gasteiger partial charge < -0.3 is 36.3 Å². The molecule has 0 aliphatic carbocycles. The molecule has 0 saturated carbocycles. The SMILES string of the molecule is Nc1nc(/C(=N/O[C@@H](CC(=O)O)C(=O)O)C(=O)N[C@@H]2C(=O)N3C(c4nnn[nH]4)=C(C[n+]4ccc5cc(O)c(O)cc5c4)CS[C@H]23)cs1. The number of nitrogen functional groups attached to an aromatic ring is 1. The van der Waals surface area contributed by atoms with Gasteiger partial charge in [-0.25, -0.2) is 19.4 Å². The van der Waals surface area contributed by atoms with Gasteiger partial charge in [0.25, 0.3) is 11.8 Å². The van der Waals surface area contributed by atoms with Crippen molar-refractivity contribution in [3.63, 3.8) is 0 Å². The Morgan fingerprint density at radius 1 is 1.23 bits per heavy atom. The number of β-lactam (4-membered cyclic amide) rings is 1. The molecule has 6 rings (SSSR count). The smallest absolute Gasteiger partial charge is 0.348 e. The second kappa shape index (κ2) is 12.5. The van der Waals surface area contributed by atoms with E-state index in [0.717, 1.165) is 16.9 Å². The topological polar surface area (TPSA) is 283 Å². The third-order valence-electron chi connectivity index (χ3n) is 7.09. The van der Waals surface area contributed by atoms with Crippen LogP contribution < -0.4 is 15.6 Å². The van der Waals surface area contributed by atoms with Crippen LogP contribution in [0.3, 0.4) is 0 Å². The summed E-state index contributed by atoms with van der Waals surface area (Å²) in [5, 5.41) is 60.5. The Kier molecular flexibility index (Phi) is 8.30. The van der Waals surface area contributed by atoms with E-state index in [2.05, 4.69) is 36.1 Å². The van der Waals surface area contributed by atoms with E-state index in [9.17, 15) is 34.5 Å². The zero-order valence-electron chi connectivity index (χ0n) is 23.7. The fourth-order valence-corrected chi connectivity index (χ4v) is 6.81. The summed E-state index contributed by atoms with van der Waals surface area (Å²) in [4.78, 5) is 59.9. The summed E-state index contributed by atoms with van der Waals surface area (Å²) >= 11 is 2.33. The van der Waals surface area contributed by atoms with E-state index in [4.69, 9.17) is 15.7 Å². The number of aliphatic carboxylic acids is 2. The minimum Gasteiger partial charge on any atom is -0.504 e. The van der Waals surface area contributed by atoms with E-state index in [1.165, 1.54) is 34.2 Å². The van der Waals surface area contributed by atoms with Gasteiger partial charge in [0.15, 0.2) is 47.1 Å². The van der Waals surface area contributed by atoms with Gasteiger partial charge in [-0.2, -0.15) is 0 Å². The Morgan fingerprint density at radius 3 is 2.66 bits per heavy atom. The van der Waals surface area contributed by atoms with Crippen molar-refractivity contribution in [2.45, 2.75) is 30.5 Å². The van der Waals surface area contributed by atoms with Gasteiger partial charge in [-0.05, 0) is 27.9 Å². The van der Waals surface area contributed by atoms with Gasteiger partial charge in [0.05, 0.1) is 12.1 Å². The van der Waals surface area contributed by atoms with E-state index >= 15 is 0 Å². The number of rotatable bonds is 11. The second-order valence-electron chi connectivity index (χ2n) is 10.2. The molecule has 1 aromatic carbocycles. The lowest BCUT2D eigenvalue weighted by Gasteiger charge is -2.49. The number of carboxylic acid groups (broad SMARTS) is 2. The molecule has 0 spiro atoms. The van der Waals surface area contributed by atoms with Gasteiger partial charge in [-0.15, -0.1) is 28.2 Å². The summed E-state index contributed by atoms with van der Waals surface area (Å²) < 4.78 is 1.83. The number of carbonyl (C=O) groups is 4. The third-order valence-corrected chi connectivity index (χ3v) is 9.11. The van der Waals surface area contributed by atoms with Crippen LogP contribution in [-0.4, -0.2) is 104 Å². The number of nitrogens with one attached hydrogen (secondary N) is 2. The van der Waals surface area contributed by atoms with Crippen molar-refractivity contribution >= 4 is 74.2 Å². The zero-order valence-corrected chi connectivity index (χ0v) is 25.3. The molecule has 21 heteroatoms. The maximum Gasteiger partial charge on any atom is 0.348 e. The summed E-state index contributed by atoms with van der Waals surface area (Å²) in [6, 6.07) is 3.59. The molecule has 0 unspecified atom stereocenters. The van der Waals surface area contributed by atoms with Gasteiger partial charge in [-0.1, -0.05) is 5.16 Å². The molecule has 2 amide bonds. The van der Waals surface area contributed by atoms with E-state index in [0.29, 0.717) is 28.8 Å². The molecule has 242 valence electrons. The number of hydrogen-bond acceptors (Lipinski definition) is 15. The average molecular weight is 684 g/mol. The molecule has 8 N–H and O–H groups in total. The number of pyridine rings is 1. The molecule has 47 heavy (non-hydrogen) atoms. The van der Waals surface area contributed by atoms with Gasteiger partial charge >= 0.3 is 11.9 Å². The molecule has 3 atom stereocenters. The molecule has 0 bridgehead atoms. The third kappa shape index (κ3) is 6.20. The number of carbonyl (C=O) groups excluding carboxylic acids is 2. The maximum atomic E-state index is 13.6. The Balaban J connectivity index is 1.25. The monoisotopic (exact) mass is 683 g/mol. The number of aromatic hydroxyl groups is 2. The second-order valence-corrected chi connectivity index (χ2v) is 12.2. The largest absolute Gasteiger partial charge is 0.504 e. The number of carboxylic acids is 2. The Labute approximate surface area is 270 Å². The molecule has 3 aromatic heterocycles. The van der Waals surface area contributed by atoms with Crippen molar-refractivity contribution in [1.82, 2.24) is 35.8 Å². The van der Waals surface area contributed by atoms with Crippen molar-refractivity contribution < 1.29 is 49.0 Å². The number of phenols is 2. The van der Waals surface area contributed by atoms with Crippen molar-refractivity contribution in [1.29, 1.82) is 0 Å². The number of nitrogens with zero attached hydrogens (tertiary/aromatic N) is 7. The number of benzene rings is 1. The maximum absolute atomic E-state index is 13.6. The van der Waals surface area contributed by atoms with Gasteiger partial charge in [0.1, 0.15) is 17.1 Å². The van der Waals surface area contributed by atoms with Crippen LogP contribution in [0.25, 0.3) is 16.5 Å². The number of oxime groups is 1. The molecule has 0 radical (unpaired) electrons. The van der Waals surface area contributed by atoms with Crippen LogP contribution in [0.2, 0.25) is 0 Å². The average Bonchev–Trinajstić information content (AvgIpc) is 3.72. The van der Waals surface area contributed by atoms with Crippen molar-refractivity contribution in [3.05, 3.63) is 53.1 Å². The predicted molar refractivity (Wildman–Crippen MR) is 161 cm³/mol. The molecule has 19 nitrogen and oxygen atoms in total.